The zero-order valence-electron chi connectivity index (χ0n) is 13.3. The average molecular weight is 273 g/mol. The van der Waals surface area contributed by atoms with Gasteiger partial charge in [0.1, 0.15) is 0 Å². The van der Waals surface area contributed by atoms with Crippen molar-refractivity contribution in [2.75, 3.05) is 6.54 Å². The molecule has 1 saturated heterocycles. The van der Waals surface area contributed by atoms with E-state index in [9.17, 15) is 4.79 Å². The molecule has 1 aromatic rings. The molecule has 2 heteroatoms. The zero-order valence-corrected chi connectivity index (χ0v) is 13.3. The van der Waals surface area contributed by atoms with E-state index in [0.717, 1.165) is 31.4 Å². The Morgan fingerprint density at radius 3 is 2.40 bits per heavy atom. The second kappa shape index (κ2) is 5.99. The van der Waals surface area contributed by atoms with Crippen LogP contribution in [0.15, 0.2) is 24.3 Å². The van der Waals surface area contributed by atoms with Crippen molar-refractivity contribution in [2.24, 2.45) is 0 Å². The average Bonchev–Trinajstić information content (AvgIpc) is 2.45. The number of nitrogens with zero attached hydrogens (tertiary/aromatic N) is 1. The summed E-state index contributed by atoms with van der Waals surface area (Å²) < 4.78 is 0. The normalized spacial score (nSPS) is 20.0. The number of benzene rings is 1. The molecule has 1 heterocycles. The molecule has 0 N–H and O–H groups in total. The van der Waals surface area contributed by atoms with Gasteiger partial charge < -0.3 is 4.90 Å². The molecule has 1 atom stereocenters. The van der Waals surface area contributed by atoms with Gasteiger partial charge in [-0.05, 0) is 48.8 Å². The fourth-order valence-corrected chi connectivity index (χ4v) is 2.97. The Kier molecular flexibility index (Phi) is 4.52. The highest BCUT2D eigenvalue weighted by molar-refractivity contribution is 5.94. The standard InChI is InChI=1S/C18H27NO/c1-5-16-8-6-7-13-19(16)17(20)14-9-11-15(12-10-14)18(2,3)4/h9-12,16H,5-8,13H2,1-4H3. The van der Waals surface area contributed by atoms with Gasteiger partial charge in [0.2, 0.25) is 0 Å². The van der Waals surface area contributed by atoms with Crippen LogP contribution in [0.2, 0.25) is 0 Å². The topological polar surface area (TPSA) is 20.3 Å². The van der Waals surface area contributed by atoms with Gasteiger partial charge in [-0.1, -0.05) is 39.8 Å². The zero-order chi connectivity index (χ0) is 14.8. The molecule has 0 radical (unpaired) electrons. The van der Waals surface area contributed by atoms with E-state index >= 15 is 0 Å². The van der Waals surface area contributed by atoms with Gasteiger partial charge in [-0.3, -0.25) is 4.79 Å². The van der Waals surface area contributed by atoms with Crippen LogP contribution in [0, 0.1) is 0 Å². The summed E-state index contributed by atoms with van der Waals surface area (Å²) in [6, 6.07) is 8.60. The van der Waals surface area contributed by atoms with Crippen LogP contribution in [-0.4, -0.2) is 23.4 Å². The largest absolute Gasteiger partial charge is 0.336 e. The molecular weight excluding hydrogens is 246 g/mol. The van der Waals surface area contributed by atoms with Crippen LogP contribution in [-0.2, 0) is 5.41 Å². The van der Waals surface area contributed by atoms with Gasteiger partial charge in [0.25, 0.3) is 5.91 Å². The van der Waals surface area contributed by atoms with Crippen LogP contribution in [0.3, 0.4) is 0 Å². The number of piperidine rings is 1. The molecule has 1 fully saturated rings. The van der Waals surface area contributed by atoms with Crippen LogP contribution in [0.1, 0.15) is 69.3 Å². The molecule has 0 aliphatic carbocycles. The highest BCUT2D eigenvalue weighted by Gasteiger charge is 2.26. The summed E-state index contributed by atoms with van der Waals surface area (Å²) in [6.45, 7) is 9.68. The lowest BCUT2D eigenvalue weighted by atomic mass is 9.86. The summed E-state index contributed by atoms with van der Waals surface area (Å²) in [5.74, 6) is 0.206. The summed E-state index contributed by atoms with van der Waals surface area (Å²) in [4.78, 5) is 14.7. The van der Waals surface area contributed by atoms with E-state index in [2.05, 4.69) is 44.7 Å². The molecule has 2 nitrogen and oxygen atoms in total. The van der Waals surface area contributed by atoms with E-state index < -0.39 is 0 Å². The van der Waals surface area contributed by atoms with Crippen LogP contribution in [0.25, 0.3) is 0 Å². The Morgan fingerprint density at radius 2 is 1.85 bits per heavy atom. The molecule has 1 amide bonds. The molecule has 110 valence electrons. The third kappa shape index (κ3) is 3.23. The minimum Gasteiger partial charge on any atom is -0.336 e. The molecule has 1 aliphatic rings. The molecule has 2 rings (SSSR count). The monoisotopic (exact) mass is 273 g/mol. The van der Waals surface area contributed by atoms with Crippen molar-refractivity contribution in [3.8, 4) is 0 Å². The van der Waals surface area contributed by atoms with Crippen LogP contribution < -0.4 is 0 Å². The Hall–Kier alpha value is -1.31. The number of hydrogen-bond donors (Lipinski definition) is 0. The molecule has 0 saturated carbocycles. The van der Waals surface area contributed by atoms with Crippen molar-refractivity contribution in [2.45, 2.75) is 64.8 Å². The van der Waals surface area contributed by atoms with Gasteiger partial charge >= 0.3 is 0 Å². The number of amides is 1. The molecule has 0 spiro atoms. The fourth-order valence-electron chi connectivity index (χ4n) is 2.97. The minimum absolute atomic E-state index is 0.138. The van der Waals surface area contributed by atoms with Crippen LogP contribution >= 0.6 is 0 Å². The van der Waals surface area contributed by atoms with Crippen molar-refractivity contribution in [1.82, 2.24) is 4.90 Å². The van der Waals surface area contributed by atoms with E-state index in [1.165, 1.54) is 12.0 Å². The maximum absolute atomic E-state index is 12.7. The van der Waals surface area contributed by atoms with E-state index in [1.54, 1.807) is 0 Å². The third-order valence-electron chi connectivity index (χ3n) is 4.36. The smallest absolute Gasteiger partial charge is 0.254 e. The van der Waals surface area contributed by atoms with E-state index in [4.69, 9.17) is 0 Å². The molecule has 20 heavy (non-hydrogen) atoms. The highest BCUT2D eigenvalue weighted by Crippen LogP contribution is 2.25. The van der Waals surface area contributed by atoms with Crippen LogP contribution in [0.5, 0.6) is 0 Å². The molecule has 0 bridgehead atoms. The summed E-state index contributed by atoms with van der Waals surface area (Å²) in [6.07, 6.45) is 4.61. The Morgan fingerprint density at radius 1 is 1.20 bits per heavy atom. The van der Waals surface area contributed by atoms with Gasteiger partial charge in [0.15, 0.2) is 0 Å². The SMILES string of the molecule is CCC1CCCCN1C(=O)c1ccc(C(C)(C)C)cc1. The van der Waals surface area contributed by atoms with Crippen molar-refractivity contribution in [3.63, 3.8) is 0 Å². The molecule has 1 unspecified atom stereocenters. The molecule has 1 aliphatic heterocycles. The predicted molar refractivity (Wildman–Crippen MR) is 84.1 cm³/mol. The summed E-state index contributed by atoms with van der Waals surface area (Å²) in [7, 11) is 0. The van der Waals surface area contributed by atoms with Gasteiger partial charge in [-0.2, -0.15) is 0 Å². The molecular formula is C18H27NO. The second-order valence-electron chi connectivity index (χ2n) is 6.88. The number of hydrogen-bond acceptors (Lipinski definition) is 1. The first-order valence-electron chi connectivity index (χ1n) is 7.85. The van der Waals surface area contributed by atoms with E-state index in [0.29, 0.717) is 6.04 Å². The second-order valence-corrected chi connectivity index (χ2v) is 6.88. The van der Waals surface area contributed by atoms with E-state index in [1.807, 2.05) is 12.1 Å². The molecule has 1 aromatic carbocycles. The number of likely N-dealkylation sites (tertiary alicyclic amines) is 1. The summed E-state index contributed by atoms with van der Waals surface area (Å²) in [5.41, 5.74) is 2.25. The van der Waals surface area contributed by atoms with Crippen molar-refractivity contribution in [3.05, 3.63) is 35.4 Å². The van der Waals surface area contributed by atoms with Crippen molar-refractivity contribution < 1.29 is 4.79 Å². The fraction of sp³-hybridized carbons (Fsp3) is 0.611. The number of carbonyl (C=O) groups is 1. The lowest BCUT2D eigenvalue weighted by molar-refractivity contribution is 0.0608. The first kappa shape index (κ1) is 15.1. The van der Waals surface area contributed by atoms with E-state index in [-0.39, 0.29) is 11.3 Å². The lowest BCUT2D eigenvalue weighted by Crippen LogP contribution is -2.43. The van der Waals surface area contributed by atoms with Crippen LogP contribution in [0.4, 0.5) is 0 Å². The first-order valence-corrected chi connectivity index (χ1v) is 7.85. The van der Waals surface area contributed by atoms with Gasteiger partial charge in [-0.25, -0.2) is 0 Å². The van der Waals surface area contributed by atoms with Crippen molar-refractivity contribution >= 4 is 5.91 Å². The Labute approximate surface area is 123 Å². The highest BCUT2D eigenvalue weighted by atomic mass is 16.2. The first-order chi connectivity index (χ1) is 9.43. The number of carbonyl (C=O) groups excluding carboxylic acids is 1. The number of rotatable bonds is 2. The lowest BCUT2D eigenvalue weighted by Gasteiger charge is -2.35. The maximum atomic E-state index is 12.7. The molecule has 0 aromatic heterocycles. The van der Waals surface area contributed by atoms with Gasteiger partial charge in [0, 0.05) is 18.2 Å². The summed E-state index contributed by atoms with van der Waals surface area (Å²) >= 11 is 0. The Balaban J connectivity index is 2.16. The quantitative estimate of drug-likeness (QED) is 0.782. The van der Waals surface area contributed by atoms with Gasteiger partial charge in [0.05, 0.1) is 0 Å². The Bertz CT molecular complexity index is 455. The predicted octanol–water partition coefficient (Wildman–Crippen LogP) is 4.39. The summed E-state index contributed by atoms with van der Waals surface area (Å²) in [5, 5.41) is 0. The van der Waals surface area contributed by atoms with Crippen molar-refractivity contribution in [1.29, 1.82) is 0 Å². The third-order valence-corrected chi connectivity index (χ3v) is 4.36. The minimum atomic E-state index is 0.138. The van der Waals surface area contributed by atoms with Gasteiger partial charge in [-0.15, -0.1) is 0 Å². The maximum Gasteiger partial charge on any atom is 0.254 e.